The van der Waals surface area contributed by atoms with Crippen molar-refractivity contribution in [2.24, 2.45) is 0 Å². The average Bonchev–Trinajstić information content (AvgIpc) is 3.30. The van der Waals surface area contributed by atoms with Crippen LogP contribution in [0.25, 0.3) is 11.0 Å². The fourth-order valence-corrected chi connectivity index (χ4v) is 4.89. The van der Waals surface area contributed by atoms with Gasteiger partial charge in [-0.3, -0.25) is 4.79 Å². The summed E-state index contributed by atoms with van der Waals surface area (Å²) in [6.45, 7) is 13.7. The molecule has 0 atom stereocenters. The van der Waals surface area contributed by atoms with Crippen LogP contribution in [-0.2, 0) is 17.6 Å². The molecule has 1 heterocycles. The standard InChI is InChI=1S/C34H47NO4/c1-6-9-14-31-32(29-24-28(19-20-30(29)39-31)34(37)38-25(4)5)33(36)27-17-15-26(16-18-27)13-12-23-35(21-10-7-2)22-11-8-3/h15-20,24-25H,6-14,21-23H2,1-5H3/i34+2. The minimum Gasteiger partial charge on any atom is -0.460 e. The van der Waals surface area contributed by atoms with E-state index in [-0.39, 0.29) is 11.9 Å². The van der Waals surface area contributed by atoms with Gasteiger partial charge in [0.15, 0.2) is 5.78 Å². The summed E-state index contributed by atoms with van der Waals surface area (Å²) in [7, 11) is 0. The Morgan fingerprint density at radius 2 is 1.51 bits per heavy atom. The van der Waals surface area contributed by atoms with Gasteiger partial charge in [-0.2, -0.15) is 0 Å². The van der Waals surface area contributed by atoms with Crippen LogP contribution >= 0.6 is 0 Å². The molecule has 0 aliphatic rings. The lowest BCUT2D eigenvalue weighted by atomic mass is 9.97. The second-order valence-corrected chi connectivity index (χ2v) is 10.8. The van der Waals surface area contributed by atoms with E-state index in [4.69, 9.17) is 9.15 Å². The van der Waals surface area contributed by atoms with Crippen molar-refractivity contribution in [2.45, 2.75) is 98.5 Å². The van der Waals surface area contributed by atoms with Crippen LogP contribution in [0.5, 0.6) is 0 Å². The Balaban J connectivity index is 1.78. The topological polar surface area (TPSA) is 59.8 Å². The van der Waals surface area contributed by atoms with E-state index in [2.05, 4.69) is 37.8 Å². The molecule has 0 fully saturated rings. The molecule has 0 spiro atoms. The van der Waals surface area contributed by atoms with Crippen molar-refractivity contribution in [3.63, 3.8) is 0 Å². The number of carbonyl (C=O) groups excluding carboxylic acids is 2. The zero-order valence-corrected chi connectivity index (χ0v) is 24.7. The third-order valence-corrected chi connectivity index (χ3v) is 7.14. The molecular weight excluding hydrogens is 488 g/mol. The van der Waals surface area contributed by atoms with E-state index in [1.54, 1.807) is 18.2 Å². The Hall–Kier alpha value is -2.92. The van der Waals surface area contributed by atoms with Gasteiger partial charge in [-0.15, -0.1) is 0 Å². The Bertz CT molecular complexity index is 1180. The lowest BCUT2D eigenvalue weighted by Gasteiger charge is -2.21. The van der Waals surface area contributed by atoms with Crippen molar-refractivity contribution >= 4 is 22.7 Å². The maximum absolute atomic E-state index is 13.8. The summed E-state index contributed by atoms with van der Waals surface area (Å²) >= 11 is 0. The highest BCUT2D eigenvalue weighted by molar-refractivity contribution is 6.17. The van der Waals surface area contributed by atoms with Crippen molar-refractivity contribution in [3.8, 4) is 0 Å². The molecule has 0 bridgehead atoms. The van der Waals surface area contributed by atoms with Crippen molar-refractivity contribution in [3.05, 3.63) is 70.5 Å². The summed E-state index contributed by atoms with van der Waals surface area (Å²) in [6.07, 6.45) is 9.48. The predicted octanol–water partition coefficient (Wildman–Crippen LogP) is 8.41. The number of nitrogens with zero attached hydrogens (tertiary/aromatic N) is 1. The number of rotatable bonds is 17. The second-order valence-electron chi connectivity index (χ2n) is 10.8. The monoisotopic (exact) mass is 535 g/mol. The Kier molecular flexibility index (Phi) is 12.3. The molecule has 0 saturated carbocycles. The molecule has 0 radical (unpaired) electrons. The van der Waals surface area contributed by atoms with Crippen LogP contribution in [0.2, 0.25) is 0 Å². The van der Waals surface area contributed by atoms with Crippen LogP contribution in [0, 0.1) is 0 Å². The molecule has 5 nitrogen and oxygen atoms in total. The third-order valence-electron chi connectivity index (χ3n) is 7.14. The van der Waals surface area contributed by atoms with Gasteiger partial charge in [0.05, 0.1) is 17.2 Å². The third kappa shape index (κ3) is 8.79. The molecule has 5 heteroatoms. The summed E-state index contributed by atoms with van der Waals surface area (Å²) in [4.78, 5) is 28.9. The fraction of sp³-hybridized carbons (Fsp3) is 0.529. The summed E-state index contributed by atoms with van der Waals surface area (Å²) in [6, 6.07) is 13.2. The van der Waals surface area contributed by atoms with Gasteiger partial charge in [-0.1, -0.05) is 64.3 Å². The van der Waals surface area contributed by atoms with E-state index in [9.17, 15) is 9.59 Å². The first-order chi connectivity index (χ1) is 18.9. The second kappa shape index (κ2) is 15.6. The smallest absolute Gasteiger partial charge is 0.338 e. The molecule has 0 amide bonds. The van der Waals surface area contributed by atoms with Crippen LogP contribution in [0.15, 0.2) is 46.9 Å². The normalized spacial score (nSPS) is 11.6. The maximum atomic E-state index is 13.8. The number of unbranched alkanes of at least 4 members (excludes halogenated alkanes) is 3. The van der Waals surface area contributed by atoms with Crippen molar-refractivity contribution in [1.29, 1.82) is 0 Å². The fourth-order valence-electron chi connectivity index (χ4n) is 4.89. The zero-order valence-electron chi connectivity index (χ0n) is 24.7. The van der Waals surface area contributed by atoms with Gasteiger partial charge in [-0.25, -0.2) is 4.79 Å². The van der Waals surface area contributed by atoms with Crippen LogP contribution < -0.4 is 0 Å². The van der Waals surface area contributed by atoms with E-state index in [1.165, 1.54) is 44.3 Å². The predicted molar refractivity (Wildman–Crippen MR) is 160 cm³/mol. The van der Waals surface area contributed by atoms with Crippen molar-refractivity contribution < 1.29 is 18.7 Å². The molecular formula is C34H47NO4. The minimum absolute atomic E-state index is 0.0638. The van der Waals surface area contributed by atoms with Gasteiger partial charge < -0.3 is 14.1 Å². The molecule has 0 aliphatic carbocycles. The number of benzene rings is 2. The van der Waals surface area contributed by atoms with E-state index in [0.29, 0.717) is 39.8 Å². The number of ketones is 1. The first kappa shape index (κ1) is 30.6. The first-order valence-electron chi connectivity index (χ1n) is 15.0. The summed E-state index contributed by atoms with van der Waals surface area (Å²) in [5.41, 5.74) is 3.50. The largest absolute Gasteiger partial charge is 0.460 e. The zero-order chi connectivity index (χ0) is 28.2. The Morgan fingerprint density at radius 3 is 2.13 bits per heavy atom. The molecule has 0 aliphatic heterocycles. The number of carbonyl (C=O) groups is 2. The lowest BCUT2D eigenvalue weighted by molar-refractivity contribution is 0.0378. The summed E-state index contributed by atoms with van der Waals surface area (Å²) in [5.74, 6) is 0.231. The molecule has 3 aromatic rings. The van der Waals surface area contributed by atoms with E-state index in [0.717, 1.165) is 32.2 Å². The van der Waals surface area contributed by atoms with Gasteiger partial charge in [0, 0.05) is 17.4 Å². The van der Waals surface area contributed by atoms with Gasteiger partial charge >= 0.3 is 5.97 Å². The number of ether oxygens (including phenoxy) is 1. The number of furan rings is 1. The van der Waals surface area contributed by atoms with Crippen LogP contribution in [0.4, 0.5) is 0 Å². The highest BCUT2D eigenvalue weighted by Gasteiger charge is 2.23. The van der Waals surface area contributed by atoms with E-state index >= 15 is 0 Å². The molecule has 1 aromatic heterocycles. The van der Waals surface area contributed by atoms with Gasteiger partial charge in [0.2, 0.25) is 0 Å². The Morgan fingerprint density at radius 1 is 0.872 bits per heavy atom. The maximum Gasteiger partial charge on any atom is 0.338 e. The van der Waals surface area contributed by atoms with Crippen molar-refractivity contribution in [2.75, 3.05) is 19.6 Å². The van der Waals surface area contributed by atoms with Gasteiger partial charge in [-0.05, 0) is 89.3 Å². The molecule has 0 saturated heterocycles. The van der Waals surface area contributed by atoms with Gasteiger partial charge in [0.1, 0.15) is 11.3 Å². The SMILES string of the molecule is CCCCc1oc2ccc([14C](=O)OC(C)C)cc2c1C(=O)c1ccc(CCCN(CCCC)CCCC)cc1. The summed E-state index contributed by atoms with van der Waals surface area (Å²) < 4.78 is 11.5. The molecule has 212 valence electrons. The molecule has 0 unspecified atom stereocenters. The number of hydrogen-bond acceptors (Lipinski definition) is 5. The summed E-state index contributed by atoms with van der Waals surface area (Å²) in [5, 5.41) is 0.674. The number of hydrogen-bond donors (Lipinski definition) is 0. The molecule has 0 N–H and O–H groups in total. The number of aryl methyl sites for hydroxylation is 2. The molecule has 39 heavy (non-hydrogen) atoms. The van der Waals surface area contributed by atoms with Crippen molar-refractivity contribution in [1.82, 2.24) is 4.90 Å². The van der Waals surface area contributed by atoms with E-state index in [1.807, 2.05) is 26.0 Å². The average molecular weight is 536 g/mol. The first-order valence-corrected chi connectivity index (χ1v) is 15.0. The highest BCUT2D eigenvalue weighted by atomic mass is 16.8. The number of esters is 1. The quantitative estimate of drug-likeness (QED) is 0.128. The number of fused-ring (bicyclic) bond motifs is 1. The Labute approximate surface area is 234 Å². The minimum atomic E-state index is -0.395. The lowest BCUT2D eigenvalue weighted by Crippen LogP contribution is -2.27. The van der Waals surface area contributed by atoms with Gasteiger partial charge in [0.25, 0.3) is 0 Å². The van der Waals surface area contributed by atoms with Crippen LogP contribution in [-0.4, -0.2) is 42.4 Å². The van der Waals surface area contributed by atoms with Crippen LogP contribution in [0.1, 0.15) is 117 Å². The van der Waals surface area contributed by atoms with E-state index < -0.39 is 5.97 Å². The highest BCUT2D eigenvalue weighted by Crippen LogP contribution is 2.31. The molecule has 2 aromatic carbocycles. The molecule has 3 rings (SSSR count). The van der Waals surface area contributed by atoms with Crippen LogP contribution in [0.3, 0.4) is 0 Å².